The topological polar surface area (TPSA) is 57.7 Å². The molecule has 1 aromatic rings. The third-order valence-electron chi connectivity index (χ3n) is 2.17. The minimum atomic E-state index is -4.98. The molecule has 0 aliphatic carbocycles. The van der Waals surface area contributed by atoms with Crippen molar-refractivity contribution in [2.24, 2.45) is 0 Å². The largest absolute Gasteiger partial charge is 0.573 e. The second-order valence-corrected chi connectivity index (χ2v) is 3.53. The number of methoxy groups -OCH3 is 2. The molecule has 0 bridgehead atoms. The van der Waals surface area contributed by atoms with Crippen LogP contribution in [-0.4, -0.2) is 31.5 Å². The third kappa shape index (κ3) is 4.25. The molecule has 0 amide bonds. The summed E-state index contributed by atoms with van der Waals surface area (Å²) in [5, 5.41) is 0. The van der Waals surface area contributed by atoms with Gasteiger partial charge in [0.25, 0.3) is 0 Å². The lowest BCUT2D eigenvalue weighted by Crippen LogP contribution is -2.19. The Hall–Kier alpha value is -2.06. The number of alkyl halides is 4. The third-order valence-corrected chi connectivity index (χ3v) is 2.17. The first-order valence-electron chi connectivity index (χ1n) is 5.26. The van der Waals surface area contributed by atoms with E-state index < -0.39 is 42.6 Å². The number of esters is 1. The van der Waals surface area contributed by atoms with Crippen molar-refractivity contribution < 1.29 is 36.6 Å². The first-order valence-corrected chi connectivity index (χ1v) is 5.26. The Morgan fingerprint density at radius 1 is 1.35 bits per heavy atom. The monoisotopic (exact) mass is 297 g/mol. The number of pyridine rings is 1. The van der Waals surface area contributed by atoms with Gasteiger partial charge in [0.15, 0.2) is 11.5 Å². The molecule has 0 atom stereocenters. The highest BCUT2D eigenvalue weighted by molar-refractivity contribution is 5.72. The minimum Gasteiger partial charge on any atom is -0.491 e. The van der Waals surface area contributed by atoms with Crippen molar-refractivity contribution in [1.29, 1.82) is 0 Å². The molecule has 0 aliphatic rings. The first-order chi connectivity index (χ1) is 9.30. The lowest BCUT2D eigenvalue weighted by molar-refractivity contribution is -0.275. The summed E-state index contributed by atoms with van der Waals surface area (Å²) in [5.74, 6) is -1.97. The number of hydrogen-bond donors (Lipinski definition) is 0. The number of nitrogens with zero attached hydrogens (tertiary/aromatic N) is 1. The molecule has 5 nitrogen and oxygen atoms in total. The maximum atomic E-state index is 12.8. The average molecular weight is 297 g/mol. The Morgan fingerprint density at radius 3 is 2.45 bits per heavy atom. The van der Waals surface area contributed by atoms with Crippen LogP contribution in [0.2, 0.25) is 0 Å². The molecular formula is C11H11F4NO4. The molecule has 0 radical (unpaired) electrons. The summed E-state index contributed by atoms with van der Waals surface area (Å²) in [6.07, 6.45) is -5.40. The highest BCUT2D eigenvalue weighted by Crippen LogP contribution is 2.35. The van der Waals surface area contributed by atoms with E-state index in [1.54, 1.807) is 0 Å². The molecule has 0 saturated carbocycles. The SMILES string of the molecule is COC(=O)Cc1cc(OC(F)(F)F)c(OC)c(CF)n1. The zero-order valence-electron chi connectivity index (χ0n) is 10.6. The maximum absolute atomic E-state index is 12.8. The number of carbonyl (C=O) groups is 1. The summed E-state index contributed by atoms with van der Waals surface area (Å²) in [7, 11) is 2.16. The summed E-state index contributed by atoms with van der Waals surface area (Å²) in [5.41, 5.74) is -0.516. The number of rotatable bonds is 5. The van der Waals surface area contributed by atoms with Crippen LogP contribution < -0.4 is 9.47 Å². The first kappa shape index (κ1) is 16.0. The highest BCUT2D eigenvalue weighted by atomic mass is 19.4. The van der Waals surface area contributed by atoms with Gasteiger partial charge in [-0.05, 0) is 0 Å². The number of halogens is 4. The lowest BCUT2D eigenvalue weighted by Gasteiger charge is -2.15. The van der Waals surface area contributed by atoms with Gasteiger partial charge < -0.3 is 14.2 Å². The van der Waals surface area contributed by atoms with Crippen LogP contribution in [0.3, 0.4) is 0 Å². The number of hydrogen-bond acceptors (Lipinski definition) is 5. The molecule has 0 saturated heterocycles. The normalized spacial score (nSPS) is 11.1. The molecule has 20 heavy (non-hydrogen) atoms. The second-order valence-electron chi connectivity index (χ2n) is 3.53. The van der Waals surface area contributed by atoms with Gasteiger partial charge in [0, 0.05) is 6.07 Å². The van der Waals surface area contributed by atoms with E-state index >= 15 is 0 Å². The van der Waals surface area contributed by atoms with Crippen molar-refractivity contribution >= 4 is 5.97 Å². The Labute approximate surface area is 111 Å². The van der Waals surface area contributed by atoms with Gasteiger partial charge in [-0.15, -0.1) is 13.2 Å². The van der Waals surface area contributed by atoms with E-state index in [2.05, 4.69) is 19.2 Å². The molecule has 0 aliphatic heterocycles. The van der Waals surface area contributed by atoms with Crippen LogP contribution in [0, 0.1) is 0 Å². The molecule has 112 valence electrons. The van der Waals surface area contributed by atoms with Gasteiger partial charge in [-0.3, -0.25) is 9.78 Å². The number of aromatic nitrogens is 1. The summed E-state index contributed by atoms with van der Waals surface area (Å²) in [6.45, 7) is -1.17. The summed E-state index contributed by atoms with van der Waals surface area (Å²) in [4.78, 5) is 14.8. The van der Waals surface area contributed by atoms with Gasteiger partial charge in [0.2, 0.25) is 0 Å². The Kier molecular flexibility index (Phi) is 5.12. The molecule has 1 aromatic heterocycles. The predicted molar refractivity (Wildman–Crippen MR) is 58.0 cm³/mol. The van der Waals surface area contributed by atoms with E-state index in [1.807, 2.05) is 0 Å². The zero-order chi connectivity index (χ0) is 15.3. The van der Waals surface area contributed by atoms with Crippen LogP contribution in [-0.2, 0) is 22.6 Å². The average Bonchev–Trinajstić information content (AvgIpc) is 2.36. The zero-order valence-corrected chi connectivity index (χ0v) is 10.6. The van der Waals surface area contributed by atoms with Crippen molar-refractivity contribution in [3.63, 3.8) is 0 Å². The molecule has 1 rings (SSSR count). The highest BCUT2D eigenvalue weighted by Gasteiger charge is 2.33. The molecule has 9 heteroatoms. The van der Waals surface area contributed by atoms with Crippen LogP contribution in [0.4, 0.5) is 17.6 Å². The van der Waals surface area contributed by atoms with Crippen LogP contribution >= 0.6 is 0 Å². The lowest BCUT2D eigenvalue weighted by atomic mass is 10.2. The van der Waals surface area contributed by atoms with E-state index in [9.17, 15) is 22.4 Å². The van der Waals surface area contributed by atoms with Crippen molar-refractivity contribution in [1.82, 2.24) is 4.98 Å². The molecule has 0 unspecified atom stereocenters. The number of ether oxygens (including phenoxy) is 3. The fraction of sp³-hybridized carbons (Fsp3) is 0.455. The smallest absolute Gasteiger partial charge is 0.491 e. The van der Waals surface area contributed by atoms with E-state index in [0.29, 0.717) is 0 Å². The molecule has 0 spiro atoms. The molecule has 1 heterocycles. The van der Waals surface area contributed by atoms with Crippen LogP contribution in [0.1, 0.15) is 11.4 Å². The van der Waals surface area contributed by atoms with Gasteiger partial charge in [-0.1, -0.05) is 0 Å². The van der Waals surface area contributed by atoms with E-state index in [1.165, 1.54) is 0 Å². The van der Waals surface area contributed by atoms with E-state index in [0.717, 1.165) is 20.3 Å². The van der Waals surface area contributed by atoms with Crippen molar-refractivity contribution in [2.75, 3.05) is 14.2 Å². The van der Waals surface area contributed by atoms with Gasteiger partial charge in [-0.2, -0.15) is 0 Å². The standard InChI is InChI=1S/C11H11F4NO4/c1-18-9(17)4-6-3-8(20-11(13,14)15)10(19-2)7(5-12)16-6/h3H,4-5H2,1-2H3. The molecule has 0 fully saturated rings. The number of carbonyl (C=O) groups excluding carboxylic acids is 1. The fourth-order valence-corrected chi connectivity index (χ4v) is 1.44. The van der Waals surface area contributed by atoms with Gasteiger partial charge in [-0.25, -0.2) is 4.39 Å². The van der Waals surface area contributed by atoms with E-state index in [4.69, 9.17) is 0 Å². The van der Waals surface area contributed by atoms with Crippen molar-refractivity contribution in [2.45, 2.75) is 19.5 Å². The van der Waals surface area contributed by atoms with Gasteiger partial charge >= 0.3 is 12.3 Å². The second kappa shape index (κ2) is 6.40. The quantitative estimate of drug-likeness (QED) is 0.616. The van der Waals surface area contributed by atoms with Crippen LogP contribution in [0.5, 0.6) is 11.5 Å². The van der Waals surface area contributed by atoms with Gasteiger partial charge in [0.1, 0.15) is 12.4 Å². The van der Waals surface area contributed by atoms with Crippen molar-refractivity contribution in [3.05, 3.63) is 17.5 Å². The maximum Gasteiger partial charge on any atom is 0.573 e. The van der Waals surface area contributed by atoms with E-state index in [-0.39, 0.29) is 5.69 Å². The Bertz CT molecular complexity index is 490. The Balaban J connectivity index is 3.23. The summed E-state index contributed by atoms with van der Waals surface area (Å²) < 4.78 is 62.4. The van der Waals surface area contributed by atoms with Gasteiger partial charge in [0.05, 0.1) is 26.3 Å². The molecule has 0 aromatic carbocycles. The minimum absolute atomic E-state index is 0.121. The summed E-state index contributed by atoms with van der Waals surface area (Å²) >= 11 is 0. The van der Waals surface area contributed by atoms with Crippen LogP contribution in [0.25, 0.3) is 0 Å². The van der Waals surface area contributed by atoms with Crippen LogP contribution in [0.15, 0.2) is 6.07 Å². The molecular weight excluding hydrogens is 286 g/mol. The Morgan fingerprint density at radius 2 is 2.00 bits per heavy atom. The molecule has 0 N–H and O–H groups in total. The summed E-state index contributed by atoms with van der Waals surface area (Å²) in [6, 6.07) is 0.850. The van der Waals surface area contributed by atoms with Crippen molar-refractivity contribution in [3.8, 4) is 11.5 Å². The fourth-order valence-electron chi connectivity index (χ4n) is 1.44. The predicted octanol–water partition coefficient (Wildman–Crippen LogP) is 2.17.